The normalized spacial score (nSPS) is 24.4. The Morgan fingerprint density at radius 1 is 1.45 bits per heavy atom. The average molecular weight is 274 g/mol. The monoisotopic (exact) mass is 274 g/mol. The molecule has 2 fully saturated rings. The van der Waals surface area contributed by atoms with Gasteiger partial charge >= 0.3 is 0 Å². The predicted octanol–water partition coefficient (Wildman–Crippen LogP) is 2.04. The van der Waals surface area contributed by atoms with Crippen molar-refractivity contribution in [2.45, 2.75) is 38.2 Å². The van der Waals surface area contributed by atoms with Crippen molar-refractivity contribution in [3.05, 3.63) is 30.1 Å². The number of aromatic nitrogens is 1. The highest BCUT2D eigenvalue weighted by molar-refractivity contribution is 5.78. The molecule has 1 amide bonds. The van der Waals surface area contributed by atoms with E-state index >= 15 is 0 Å². The van der Waals surface area contributed by atoms with Crippen molar-refractivity contribution in [1.29, 1.82) is 0 Å². The van der Waals surface area contributed by atoms with Crippen molar-refractivity contribution >= 4 is 5.91 Å². The molecule has 4 nitrogen and oxygen atoms in total. The molecule has 0 bridgehead atoms. The third-order valence-electron chi connectivity index (χ3n) is 5.06. The van der Waals surface area contributed by atoms with Gasteiger partial charge in [0.1, 0.15) is 0 Å². The first-order valence-corrected chi connectivity index (χ1v) is 7.43. The lowest BCUT2D eigenvalue weighted by molar-refractivity contribution is -0.144. The maximum atomic E-state index is 12.3. The molecule has 1 saturated heterocycles. The van der Waals surface area contributed by atoms with Gasteiger partial charge in [-0.05, 0) is 37.3 Å². The van der Waals surface area contributed by atoms with Gasteiger partial charge in [-0.3, -0.25) is 9.78 Å². The van der Waals surface area contributed by atoms with E-state index in [9.17, 15) is 4.79 Å². The maximum absolute atomic E-state index is 12.3. The first kappa shape index (κ1) is 13.6. The zero-order valence-corrected chi connectivity index (χ0v) is 12.0. The highest BCUT2D eigenvalue weighted by Crippen LogP contribution is 2.50. The van der Waals surface area contributed by atoms with Gasteiger partial charge in [-0.2, -0.15) is 0 Å². The van der Waals surface area contributed by atoms with Crippen LogP contribution in [0.2, 0.25) is 0 Å². The molecule has 3 rings (SSSR count). The zero-order chi connectivity index (χ0) is 14.0. The quantitative estimate of drug-likeness (QED) is 0.847. The van der Waals surface area contributed by atoms with E-state index in [2.05, 4.69) is 4.98 Å². The van der Waals surface area contributed by atoms with Crippen LogP contribution in [0.4, 0.5) is 0 Å². The van der Waals surface area contributed by atoms with Crippen molar-refractivity contribution in [1.82, 2.24) is 9.88 Å². The van der Waals surface area contributed by atoms with Crippen LogP contribution >= 0.6 is 0 Å². The Hall–Kier alpha value is -1.42. The maximum Gasteiger partial charge on any atom is 0.227 e. The fraction of sp³-hybridized carbons (Fsp3) is 0.625. The molecule has 4 heteroatoms. The molecule has 0 N–H and O–H groups in total. The van der Waals surface area contributed by atoms with Crippen molar-refractivity contribution in [2.24, 2.45) is 5.41 Å². The fourth-order valence-corrected chi connectivity index (χ4v) is 3.60. The summed E-state index contributed by atoms with van der Waals surface area (Å²) < 4.78 is 5.56. The topological polar surface area (TPSA) is 42.4 Å². The zero-order valence-electron chi connectivity index (χ0n) is 12.0. The molecule has 1 saturated carbocycles. The molecule has 2 heterocycles. The average Bonchev–Trinajstić information content (AvgIpc) is 2.48. The smallest absolute Gasteiger partial charge is 0.227 e. The molecule has 108 valence electrons. The third kappa shape index (κ3) is 2.44. The lowest BCUT2D eigenvalue weighted by Crippen LogP contribution is -2.54. The third-order valence-corrected chi connectivity index (χ3v) is 5.06. The summed E-state index contributed by atoms with van der Waals surface area (Å²) in [6.45, 7) is 1.75. The van der Waals surface area contributed by atoms with Crippen molar-refractivity contribution in [3.63, 3.8) is 0 Å². The van der Waals surface area contributed by atoms with E-state index in [0.29, 0.717) is 17.9 Å². The van der Waals surface area contributed by atoms with E-state index < -0.39 is 0 Å². The summed E-state index contributed by atoms with van der Waals surface area (Å²) in [7, 11) is 1.81. The van der Waals surface area contributed by atoms with Gasteiger partial charge in [0.2, 0.25) is 5.91 Å². The van der Waals surface area contributed by atoms with Crippen LogP contribution in [0.3, 0.4) is 0 Å². The van der Waals surface area contributed by atoms with Crippen LogP contribution in [-0.4, -0.2) is 42.1 Å². The number of nitrogens with zero attached hydrogens (tertiary/aromatic N) is 2. The molecule has 1 unspecified atom stereocenters. The number of pyridine rings is 1. The number of piperidine rings is 1. The fourth-order valence-electron chi connectivity index (χ4n) is 3.60. The molecule has 20 heavy (non-hydrogen) atoms. The Balaban J connectivity index is 1.54. The number of carbonyl (C=O) groups excluding carboxylic acids is 1. The van der Waals surface area contributed by atoms with Gasteiger partial charge in [0, 0.05) is 38.0 Å². The van der Waals surface area contributed by atoms with Gasteiger partial charge in [0.05, 0.1) is 12.5 Å². The molecule has 1 aromatic heterocycles. The lowest BCUT2D eigenvalue weighted by Gasteiger charge is -2.53. The van der Waals surface area contributed by atoms with E-state index in [4.69, 9.17) is 4.74 Å². The number of carbonyl (C=O) groups is 1. The molecular formula is C16H22N2O2. The standard InChI is InChI=1S/C16H22N2O2/c1-20-14-4-5-16(14)6-9-18(10-7-16)15(19)11-13-3-2-8-17-12-13/h2-3,8,12,14H,4-7,9-11H2,1H3. The number of hydrogen-bond donors (Lipinski definition) is 0. The molecule has 1 spiro atoms. The Labute approximate surface area is 120 Å². The summed E-state index contributed by atoms with van der Waals surface area (Å²) in [5.74, 6) is 0.223. The highest BCUT2D eigenvalue weighted by Gasteiger charge is 2.48. The van der Waals surface area contributed by atoms with Crippen LogP contribution in [0, 0.1) is 5.41 Å². The molecule has 2 aliphatic rings. The minimum absolute atomic E-state index is 0.223. The minimum Gasteiger partial charge on any atom is -0.381 e. The van der Waals surface area contributed by atoms with Crippen LogP contribution in [0.1, 0.15) is 31.2 Å². The van der Waals surface area contributed by atoms with E-state index in [1.165, 1.54) is 12.8 Å². The Morgan fingerprint density at radius 2 is 2.25 bits per heavy atom. The van der Waals surface area contributed by atoms with Crippen LogP contribution in [-0.2, 0) is 16.0 Å². The van der Waals surface area contributed by atoms with Crippen LogP contribution in [0.25, 0.3) is 0 Å². The summed E-state index contributed by atoms with van der Waals surface area (Å²) in [6, 6.07) is 3.84. The summed E-state index contributed by atoms with van der Waals surface area (Å²) >= 11 is 0. The first-order chi connectivity index (χ1) is 9.73. The van der Waals surface area contributed by atoms with Crippen molar-refractivity contribution in [2.75, 3.05) is 20.2 Å². The second-order valence-corrected chi connectivity index (χ2v) is 6.04. The molecule has 0 radical (unpaired) electrons. The molecule has 1 aliphatic heterocycles. The van der Waals surface area contributed by atoms with E-state index in [1.807, 2.05) is 24.1 Å². The Morgan fingerprint density at radius 3 is 2.80 bits per heavy atom. The largest absolute Gasteiger partial charge is 0.381 e. The number of ether oxygens (including phenoxy) is 1. The van der Waals surface area contributed by atoms with Gasteiger partial charge in [0.15, 0.2) is 0 Å². The highest BCUT2D eigenvalue weighted by atomic mass is 16.5. The van der Waals surface area contributed by atoms with E-state index in [-0.39, 0.29) is 5.91 Å². The number of amides is 1. The molecule has 1 atom stereocenters. The predicted molar refractivity (Wildman–Crippen MR) is 76.2 cm³/mol. The number of hydrogen-bond acceptors (Lipinski definition) is 3. The van der Waals surface area contributed by atoms with Crippen molar-refractivity contribution in [3.8, 4) is 0 Å². The molecule has 1 aliphatic carbocycles. The minimum atomic E-state index is 0.223. The number of likely N-dealkylation sites (tertiary alicyclic amines) is 1. The van der Waals surface area contributed by atoms with Gasteiger partial charge in [-0.1, -0.05) is 6.07 Å². The number of rotatable bonds is 3. The van der Waals surface area contributed by atoms with Gasteiger partial charge in [0.25, 0.3) is 0 Å². The molecule has 0 aromatic carbocycles. The van der Waals surface area contributed by atoms with Gasteiger partial charge in [-0.15, -0.1) is 0 Å². The second kappa shape index (κ2) is 5.52. The van der Waals surface area contributed by atoms with Crippen LogP contribution < -0.4 is 0 Å². The van der Waals surface area contributed by atoms with Crippen LogP contribution in [0.15, 0.2) is 24.5 Å². The summed E-state index contributed by atoms with van der Waals surface area (Å²) in [5, 5.41) is 0. The SMILES string of the molecule is COC1CCC12CCN(C(=O)Cc1cccnc1)CC2. The molecule has 1 aromatic rings. The summed E-state index contributed by atoms with van der Waals surface area (Å²) in [6.07, 6.45) is 9.01. The van der Waals surface area contributed by atoms with E-state index in [1.54, 1.807) is 12.4 Å². The van der Waals surface area contributed by atoms with Crippen molar-refractivity contribution < 1.29 is 9.53 Å². The summed E-state index contributed by atoms with van der Waals surface area (Å²) in [4.78, 5) is 18.4. The molecular weight excluding hydrogens is 252 g/mol. The van der Waals surface area contributed by atoms with E-state index in [0.717, 1.165) is 31.5 Å². The first-order valence-electron chi connectivity index (χ1n) is 7.43. The second-order valence-electron chi connectivity index (χ2n) is 6.04. The van der Waals surface area contributed by atoms with Gasteiger partial charge in [-0.25, -0.2) is 0 Å². The van der Waals surface area contributed by atoms with Gasteiger partial charge < -0.3 is 9.64 Å². The van der Waals surface area contributed by atoms with Crippen LogP contribution in [0.5, 0.6) is 0 Å². The Kier molecular flexibility index (Phi) is 3.74. The lowest BCUT2D eigenvalue weighted by atomic mass is 9.61. The summed E-state index contributed by atoms with van der Waals surface area (Å²) in [5.41, 5.74) is 1.36. The Bertz CT molecular complexity index is 465. The number of methoxy groups -OCH3 is 1.